The molecular formula is C33H33N7O3S. The molecule has 224 valence electrons. The van der Waals surface area contributed by atoms with Gasteiger partial charge in [-0.05, 0) is 28.8 Å². The van der Waals surface area contributed by atoms with Crippen molar-refractivity contribution in [2.45, 2.75) is 19.1 Å². The molecule has 6 rings (SSSR count). The van der Waals surface area contributed by atoms with Crippen LogP contribution in [-0.2, 0) is 14.3 Å². The van der Waals surface area contributed by atoms with Gasteiger partial charge in [-0.25, -0.2) is 0 Å². The number of aromatic nitrogens is 4. The highest BCUT2D eigenvalue weighted by Crippen LogP contribution is 2.45. The molecule has 3 N–H and O–H groups in total. The third-order valence-corrected chi connectivity index (χ3v) is 9.02. The fourth-order valence-electron chi connectivity index (χ4n) is 5.84. The number of rotatable bonds is 10. The number of carbonyl (C=O) groups is 2. The highest BCUT2D eigenvalue weighted by atomic mass is 32.1. The Kier molecular flexibility index (Phi) is 8.87. The summed E-state index contributed by atoms with van der Waals surface area (Å²) in [7, 11) is 0. The van der Waals surface area contributed by atoms with Gasteiger partial charge in [-0.1, -0.05) is 91.0 Å². The standard InChI is InChI=1S/C33H33N7O3S/c1-22-27(23-11-5-2-6-12-23)28(33-35-37-38-36-33)31(44-22)30(32(34)42)43-21-26(41)39-17-19-40(20-18-39)29(24-13-7-3-8-14-24)25-15-9-4-10-16-25/h2-16,29-30H,17-21H2,1H3,(H2,34,42)(H,35,36,37,38). The Bertz CT molecular complexity index is 1650. The second-order valence-electron chi connectivity index (χ2n) is 10.6. The molecule has 0 aliphatic carbocycles. The quantitative estimate of drug-likeness (QED) is 0.241. The average Bonchev–Trinajstić information content (AvgIpc) is 3.71. The van der Waals surface area contributed by atoms with Crippen molar-refractivity contribution in [3.05, 3.63) is 112 Å². The fraction of sp³-hybridized carbons (Fsp3) is 0.242. The number of ether oxygens (including phenoxy) is 1. The van der Waals surface area contributed by atoms with Crippen molar-refractivity contribution in [3.8, 4) is 22.5 Å². The van der Waals surface area contributed by atoms with Crippen LogP contribution in [0, 0.1) is 6.92 Å². The molecule has 1 saturated heterocycles. The predicted octanol–water partition coefficient (Wildman–Crippen LogP) is 4.38. The van der Waals surface area contributed by atoms with Gasteiger partial charge in [0.2, 0.25) is 11.7 Å². The van der Waals surface area contributed by atoms with Crippen molar-refractivity contribution in [2.24, 2.45) is 5.73 Å². The number of piperazine rings is 1. The summed E-state index contributed by atoms with van der Waals surface area (Å²) >= 11 is 1.38. The van der Waals surface area contributed by atoms with Crippen LogP contribution in [0.2, 0.25) is 0 Å². The molecule has 3 heterocycles. The normalized spacial score (nSPS) is 14.5. The van der Waals surface area contributed by atoms with E-state index in [4.69, 9.17) is 10.5 Å². The number of carbonyl (C=O) groups excluding carboxylic acids is 2. The SMILES string of the molecule is Cc1sc(C(OCC(=O)N2CCN(C(c3ccccc3)c3ccccc3)CC2)C(N)=O)c(-c2nn[nH]n2)c1-c1ccccc1. The molecule has 11 heteroatoms. The molecule has 3 aromatic carbocycles. The first kappa shape index (κ1) is 29.4. The lowest BCUT2D eigenvalue weighted by Gasteiger charge is -2.39. The van der Waals surface area contributed by atoms with Crippen LogP contribution in [0.25, 0.3) is 22.5 Å². The average molecular weight is 608 g/mol. The molecule has 0 radical (unpaired) electrons. The van der Waals surface area contributed by atoms with Crippen molar-refractivity contribution in [3.63, 3.8) is 0 Å². The molecule has 0 saturated carbocycles. The summed E-state index contributed by atoms with van der Waals surface area (Å²) < 4.78 is 6.01. The van der Waals surface area contributed by atoms with Crippen LogP contribution in [0.5, 0.6) is 0 Å². The van der Waals surface area contributed by atoms with E-state index in [1.54, 1.807) is 4.90 Å². The molecule has 0 spiro atoms. The molecule has 1 unspecified atom stereocenters. The molecule has 1 aliphatic heterocycles. The van der Waals surface area contributed by atoms with Crippen LogP contribution in [0.4, 0.5) is 0 Å². The topological polar surface area (TPSA) is 130 Å². The highest BCUT2D eigenvalue weighted by Gasteiger charge is 2.33. The molecule has 2 amide bonds. The first-order valence-corrected chi connectivity index (χ1v) is 15.3. The summed E-state index contributed by atoms with van der Waals surface area (Å²) in [5, 5.41) is 14.6. The third kappa shape index (κ3) is 6.16. The van der Waals surface area contributed by atoms with E-state index in [2.05, 4.69) is 74.1 Å². The zero-order chi connectivity index (χ0) is 30.5. The lowest BCUT2D eigenvalue weighted by atomic mass is 9.96. The second kappa shape index (κ2) is 13.3. The van der Waals surface area contributed by atoms with Crippen molar-refractivity contribution in [2.75, 3.05) is 32.8 Å². The van der Waals surface area contributed by atoms with Gasteiger partial charge in [-0.3, -0.25) is 14.5 Å². The number of H-pyrrole nitrogens is 1. The lowest BCUT2D eigenvalue weighted by molar-refractivity contribution is -0.143. The Morgan fingerprint density at radius 3 is 2.02 bits per heavy atom. The Hall–Kier alpha value is -4.71. The van der Waals surface area contributed by atoms with Gasteiger partial charge in [0.25, 0.3) is 5.91 Å². The minimum atomic E-state index is -1.16. The Morgan fingerprint density at radius 2 is 1.48 bits per heavy atom. The molecule has 1 fully saturated rings. The monoisotopic (exact) mass is 607 g/mol. The number of amides is 2. The van der Waals surface area contributed by atoms with Gasteiger partial charge in [0.15, 0.2) is 6.10 Å². The number of primary amides is 1. The van der Waals surface area contributed by atoms with Gasteiger partial charge in [0.1, 0.15) is 6.61 Å². The maximum atomic E-state index is 13.4. The minimum Gasteiger partial charge on any atom is -0.367 e. The van der Waals surface area contributed by atoms with Crippen molar-refractivity contribution in [1.82, 2.24) is 30.4 Å². The summed E-state index contributed by atoms with van der Waals surface area (Å²) in [5.74, 6) is -0.557. The lowest BCUT2D eigenvalue weighted by Crippen LogP contribution is -2.50. The largest absolute Gasteiger partial charge is 0.367 e. The molecule has 44 heavy (non-hydrogen) atoms. The van der Waals surface area contributed by atoms with Crippen LogP contribution >= 0.6 is 11.3 Å². The number of thiophene rings is 1. The van der Waals surface area contributed by atoms with Crippen molar-refractivity contribution in [1.29, 1.82) is 0 Å². The molecule has 1 aliphatic rings. The minimum absolute atomic E-state index is 0.0922. The Labute approximate surface area is 259 Å². The molecule has 1 atom stereocenters. The van der Waals surface area contributed by atoms with E-state index in [0.29, 0.717) is 42.4 Å². The first-order chi connectivity index (χ1) is 21.5. The van der Waals surface area contributed by atoms with E-state index in [9.17, 15) is 9.59 Å². The number of aromatic amines is 1. The molecular weight excluding hydrogens is 574 g/mol. The van der Waals surface area contributed by atoms with Gasteiger partial charge < -0.3 is 15.4 Å². The van der Waals surface area contributed by atoms with E-state index < -0.39 is 12.0 Å². The maximum absolute atomic E-state index is 13.4. The van der Waals surface area contributed by atoms with Crippen LogP contribution in [0.1, 0.15) is 33.0 Å². The first-order valence-electron chi connectivity index (χ1n) is 14.5. The fourth-order valence-corrected chi connectivity index (χ4v) is 7.08. The van der Waals surface area contributed by atoms with Crippen molar-refractivity contribution < 1.29 is 14.3 Å². The predicted molar refractivity (Wildman–Crippen MR) is 168 cm³/mol. The van der Waals surface area contributed by atoms with Gasteiger partial charge in [0.05, 0.1) is 10.9 Å². The molecule has 0 bridgehead atoms. The van der Waals surface area contributed by atoms with Gasteiger partial charge in [-0.2, -0.15) is 5.21 Å². The van der Waals surface area contributed by atoms with Gasteiger partial charge in [-0.15, -0.1) is 21.5 Å². The third-order valence-electron chi connectivity index (χ3n) is 7.88. The van der Waals surface area contributed by atoms with Crippen LogP contribution in [0.3, 0.4) is 0 Å². The van der Waals surface area contributed by atoms with E-state index >= 15 is 0 Å². The number of aryl methyl sites for hydroxylation is 1. The van der Waals surface area contributed by atoms with Gasteiger partial charge >= 0.3 is 0 Å². The molecule has 10 nitrogen and oxygen atoms in total. The smallest absolute Gasteiger partial charge is 0.252 e. The number of tetrazole rings is 1. The number of benzene rings is 3. The summed E-state index contributed by atoms with van der Waals surface area (Å²) in [6, 6.07) is 30.7. The summed E-state index contributed by atoms with van der Waals surface area (Å²) in [6.45, 7) is 4.17. The van der Waals surface area contributed by atoms with E-state index in [-0.39, 0.29) is 18.6 Å². The Balaban J connectivity index is 1.17. The maximum Gasteiger partial charge on any atom is 0.252 e. The number of hydrogen-bond acceptors (Lipinski definition) is 8. The van der Waals surface area contributed by atoms with Crippen molar-refractivity contribution >= 4 is 23.2 Å². The van der Waals surface area contributed by atoms with E-state index in [0.717, 1.165) is 16.0 Å². The van der Waals surface area contributed by atoms with E-state index in [1.807, 2.05) is 49.4 Å². The van der Waals surface area contributed by atoms with Crippen LogP contribution in [-0.4, -0.2) is 75.0 Å². The van der Waals surface area contributed by atoms with E-state index in [1.165, 1.54) is 22.5 Å². The highest BCUT2D eigenvalue weighted by molar-refractivity contribution is 7.13. The number of nitrogens with two attached hydrogens (primary N) is 1. The summed E-state index contributed by atoms with van der Waals surface area (Å²) in [5.41, 5.74) is 10.7. The second-order valence-corrected chi connectivity index (χ2v) is 11.9. The zero-order valence-electron chi connectivity index (χ0n) is 24.3. The molecule has 2 aromatic heterocycles. The number of nitrogens with zero attached hydrogens (tertiary/aromatic N) is 5. The van der Waals surface area contributed by atoms with Gasteiger partial charge in [0, 0.05) is 42.2 Å². The summed E-state index contributed by atoms with van der Waals surface area (Å²) in [6.07, 6.45) is -1.16. The summed E-state index contributed by atoms with van der Waals surface area (Å²) in [4.78, 5) is 31.8. The number of hydrogen-bond donors (Lipinski definition) is 2. The van der Waals surface area contributed by atoms with Crippen LogP contribution in [0.15, 0.2) is 91.0 Å². The van der Waals surface area contributed by atoms with Crippen LogP contribution < -0.4 is 5.73 Å². The number of nitrogens with one attached hydrogen (secondary N) is 1. The Morgan fingerprint density at radius 1 is 0.886 bits per heavy atom. The zero-order valence-corrected chi connectivity index (χ0v) is 25.1. The molecule has 5 aromatic rings.